The predicted molar refractivity (Wildman–Crippen MR) is 108 cm³/mol. The first-order valence-electron chi connectivity index (χ1n) is 8.91. The number of pyridine rings is 2. The minimum Gasteiger partial charge on any atom is -0.369 e. The van der Waals surface area contributed by atoms with Gasteiger partial charge in [0, 0.05) is 48.3 Å². The molecule has 1 aliphatic heterocycles. The quantitative estimate of drug-likeness (QED) is 0.729. The highest BCUT2D eigenvalue weighted by Gasteiger charge is 2.27. The number of rotatable bonds is 5. The van der Waals surface area contributed by atoms with Crippen LogP contribution in [-0.4, -0.2) is 29.0 Å². The van der Waals surface area contributed by atoms with Crippen LogP contribution in [0, 0.1) is 0 Å². The molecule has 5 nitrogen and oxygen atoms in total. The molecule has 0 bridgehead atoms. The van der Waals surface area contributed by atoms with Crippen LogP contribution in [0.1, 0.15) is 21.6 Å². The van der Waals surface area contributed by atoms with Crippen LogP contribution in [0.5, 0.6) is 0 Å². The number of amides is 1. The van der Waals surface area contributed by atoms with Crippen LogP contribution in [0.3, 0.4) is 0 Å². The largest absolute Gasteiger partial charge is 0.369 e. The summed E-state index contributed by atoms with van der Waals surface area (Å²) >= 11 is 6.07. The average molecular weight is 379 g/mol. The van der Waals surface area contributed by atoms with Crippen molar-refractivity contribution < 1.29 is 4.79 Å². The fraction of sp³-hybridized carbons (Fsp3) is 0.190. The van der Waals surface area contributed by atoms with Crippen molar-refractivity contribution in [1.82, 2.24) is 9.97 Å². The summed E-state index contributed by atoms with van der Waals surface area (Å²) in [5.74, 6) is 0.547. The second-order valence-electron chi connectivity index (χ2n) is 6.38. The smallest absolute Gasteiger partial charge is 0.262 e. The number of benzene rings is 1. The first kappa shape index (κ1) is 17.5. The van der Waals surface area contributed by atoms with Gasteiger partial charge in [0.1, 0.15) is 5.82 Å². The van der Waals surface area contributed by atoms with E-state index < -0.39 is 0 Å². The van der Waals surface area contributed by atoms with Gasteiger partial charge in [-0.3, -0.25) is 9.78 Å². The monoisotopic (exact) mass is 378 g/mol. The molecule has 2 aromatic heterocycles. The zero-order chi connectivity index (χ0) is 18.6. The zero-order valence-corrected chi connectivity index (χ0v) is 15.5. The summed E-state index contributed by atoms with van der Waals surface area (Å²) in [4.78, 5) is 23.6. The van der Waals surface area contributed by atoms with E-state index in [1.807, 2.05) is 42.5 Å². The van der Waals surface area contributed by atoms with Gasteiger partial charge in [-0.2, -0.15) is 0 Å². The minimum absolute atomic E-state index is 0.0514. The van der Waals surface area contributed by atoms with Crippen LogP contribution >= 0.6 is 11.6 Å². The molecule has 1 aliphatic rings. The number of halogens is 1. The van der Waals surface area contributed by atoms with Gasteiger partial charge in [0.25, 0.3) is 5.91 Å². The fourth-order valence-corrected chi connectivity index (χ4v) is 3.50. The Kier molecular flexibility index (Phi) is 5.03. The van der Waals surface area contributed by atoms with Crippen molar-refractivity contribution in [2.45, 2.75) is 12.8 Å². The molecule has 0 radical (unpaired) electrons. The van der Waals surface area contributed by atoms with E-state index in [-0.39, 0.29) is 5.91 Å². The number of nitrogens with zero attached hydrogens (tertiary/aromatic N) is 3. The molecule has 0 spiro atoms. The fourth-order valence-electron chi connectivity index (χ4n) is 3.30. The number of aromatic nitrogens is 2. The molecule has 0 saturated heterocycles. The molecule has 0 unspecified atom stereocenters. The number of carbonyl (C=O) groups excluding carboxylic acids is 1. The Morgan fingerprint density at radius 2 is 2.00 bits per heavy atom. The maximum Gasteiger partial charge on any atom is 0.262 e. The highest BCUT2D eigenvalue weighted by Crippen LogP contribution is 2.32. The van der Waals surface area contributed by atoms with Crippen LogP contribution in [-0.2, 0) is 12.8 Å². The molecule has 4 rings (SSSR count). The Morgan fingerprint density at radius 3 is 2.85 bits per heavy atom. The molecule has 3 heterocycles. The molecular weight excluding hydrogens is 360 g/mol. The Hall–Kier alpha value is -2.92. The summed E-state index contributed by atoms with van der Waals surface area (Å²) in [6, 6.07) is 15.1. The third-order valence-corrected chi connectivity index (χ3v) is 4.86. The lowest BCUT2D eigenvalue weighted by Crippen LogP contribution is -2.30. The second kappa shape index (κ2) is 7.76. The van der Waals surface area contributed by atoms with Crippen LogP contribution in [0.15, 0.2) is 60.9 Å². The number of hydrogen-bond donors (Lipinski definition) is 1. The summed E-state index contributed by atoms with van der Waals surface area (Å²) in [5.41, 5.74) is 3.59. The van der Waals surface area contributed by atoms with Crippen molar-refractivity contribution >= 4 is 29.0 Å². The maximum absolute atomic E-state index is 13.1. The van der Waals surface area contributed by atoms with Crippen LogP contribution in [0.4, 0.5) is 11.5 Å². The van der Waals surface area contributed by atoms with Gasteiger partial charge in [0.05, 0.1) is 5.56 Å². The molecule has 0 fully saturated rings. The van der Waals surface area contributed by atoms with Crippen LogP contribution in [0.25, 0.3) is 0 Å². The predicted octanol–water partition coefficient (Wildman–Crippen LogP) is 3.99. The van der Waals surface area contributed by atoms with Crippen molar-refractivity contribution in [3.05, 3.63) is 82.8 Å². The number of carbonyl (C=O) groups is 1. The highest BCUT2D eigenvalue weighted by atomic mass is 35.5. The van der Waals surface area contributed by atoms with Crippen molar-refractivity contribution in [3.63, 3.8) is 0 Å². The lowest BCUT2D eigenvalue weighted by atomic mass is 10.1. The van der Waals surface area contributed by atoms with Crippen molar-refractivity contribution in [1.29, 1.82) is 0 Å². The summed E-state index contributed by atoms with van der Waals surface area (Å²) in [7, 11) is 0. The molecule has 27 heavy (non-hydrogen) atoms. The summed E-state index contributed by atoms with van der Waals surface area (Å²) in [5, 5.41) is 3.98. The second-order valence-corrected chi connectivity index (χ2v) is 6.81. The van der Waals surface area contributed by atoms with Crippen molar-refractivity contribution in [2.75, 3.05) is 23.3 Å². The molecule has 1 aromatic carbocycles. The van der Waals surface area contributed by atoms with Crippen molar-refractivity contribution in [2.24, 2.45) is 0 Å². The lowest BCUT2D eigenvalue weighted by molar-refractivity contribution is 0.0990. The van der Waals surface area contributed by atoms with Crippen LogP contribution in [0.2, 0.25) is 5.02 Å². The summed E-state index contributed by atoms with van der Waals surface area (Å²) in [6.45, 7) is 1.30. The molecule has 1 amide bonds. The minimum atomic E-state index is -0.0514. The first-order valence-corrected chi connectivity index (χ1v) is 9.29. The Bertz CT molecular complexity index is 961. The van der Waals surface area contributed by atoms with E-state index in [0.717, 1.165) is 29.8 Å². The van der Waals surface area contributed by atoms with Gasteiger partial charge in [0.2, 0.25) is 0 Å². The van der Waals surface area contributed by atoms with Gasteiger partial charge in [0.15, 0.2) is 0 Å². The number of hydrogen-bond acceptors (Lipinski definition) is 4. The molecule has 0 aliphatic carbocycles. The topological polar surface area (TPSA) is 58.1 Å². The average Bonchev–Trinajstić information content (AvgIpc) is 3.11. The summed E-state index contributed by atoms with van der Waals surface area (Å²) < 4.78 is 0. The van der Waals surface area contributed by atoms with E-state index >= 15 is 0 Å². The molecule has 0 atom stereocenters. The molecular formula is C21H19ClN4O. The lowest BCUT2D eigenvalue weighted by Gasteiger charge is -2.19. The Balaban J connectivity index is 1.50. The molecule has 6 heteroatoms. The van der Waals surface area contributed by atoms with Crippen LogP contribution < -0.4 is 10.2 Å². The van der Waals surface area contributed by atoms with E-state index in [1.165, 1.54) is 0 Å². The van der Waals surface area contributed by atoms with Crippen molar-refractivity contribution in [3.8, 4) is 0 Å². The van der Waals surface area contributed by atoms with Gasteiger partial charge in [-0.15, -0.1) is 0 Å². The molecule has 3 aromatic rings. The number of nitrogens with one attached hydrogen (secondary N) is 1. The maximum atomic E-state index is 13.1. The van der Waals surface area contributed by atoms with Gasteiger partial charge in [-0.05, 0) is 54.4 Å². The SMILES string of the molecule is O=C(c1cccnc1NCCc1ccccn1)N1CCc2cc(Cl)ccc21. The third-order valence-electron chi connectivity index (χ3n) is 4.62. The van der Waals surface area contributed by atoms with E-state index in [0.29, 0.717) is 29.5 Å². The number of fused-ring (bicyclic) bond motifs is 1. The zero-order valence-electron chi connectivity index (χ0n) is 14.7. The van der Waals surface area contributed by atoms with E-state index in [9.17, 15) is 4.79 Å². The van der Waals surface area contributed by atoms with E-state index in [4.69, 9.17) is 11.6 Å². The molecule has 0 saturated carbocycles. The van der Waals surface area contributed by atoms with Gasteiger partial charge in [-0.25, -0.2) is 4.98 Å². The molecule has 1 N–H and O–H groups in total. The highest BCUT2D eigenvalue weighted by molar-refractivity contribution is 6.30. The Morgan fingerprint density at radius 1 is 1.11 bits per heavy atom. The number of anilines is 2. The third kappa shape index (κ3) is 3.78. The molecule has 136 valence electrons. The van der Waals surface area contributed by atoms with Gasteiger partial charge >= 0.3 is 0 Å². The van der Waals surface area contributed by atoms with Gasteiger partial charge in [-0.1, -0.05) is 17.7 Å². The first-order chi connectivity index (χ1) is 13.2. The van der Waals surface area contributed by atoms with E-state index in [1.54, 1.807) is 23.4 Å². The standard InChI is InChI=1S/C21H19ClN4O/c22-16-6-7-19-15(14-16)9-13-26(19)21(27)18-5-3-11-24-20(18)25-12-8-17-4-1-2-10-23-17/h1-7,10-11,14H,8-9,12-13H2,(H,24,25). The normalized spacial score (nSPS) is 12.7. The van der Waals surface area contributed by atoms with Gasteiger partial charge < -0.3 is 10.2 Å². The van der Waals surface area contributed by atoms with E-state index in [2.05, 4.69) is 15.3 Å². The summed E-state index contributed by atoms with van der Waals surface area (Å²) in [6.07, 6.45) is 5.04. The Labute approximate surface area is 163 Å².